The lowest BCUT2D eigenvalue weighted by Crippen LogP contribution is -2.25. The molecule has 1 rings (SSSR count). The lowest BCUT2D eigenvalue weighted by atomic mass is 10.1. The highest BCUT2D eigenvalue weighted by Crippen LogP contribution is 2.29. The van der Waals surface area contributed by atoms with Gasteiger partial charge >= 0.3 is 0 Å². The number of likely N-dealkylation sites (N-methyl/N-ethyl adjacent to an activating group) is 1. The van der Waals surface area contributed by atoms with Crippen molar-refractivity contribution in [3.8, 4) is 11.5 Å². The molecule has 0 aliphatic rings. The zero-order valence-corrected chi connectivity index (χ0v) is 12.8. The van der Waals surface area contributed by atoms with E-state index in [1.165, 1.54) is 0 Å². The van der Waals surface area contributed by atoms with Crippen molar-refractivity contribution in [1.82, 2.24) is 4.90 Å². The summed E-state index contributed by atoms with van der Waals surface area (Å²) in [5.41, 5.74) is 7.12. The van der Waals surface area contributed by atoms with Crippen molar-refractivity contribution in [2.24, 2.45) is 5.73 Å². The van der Waals surface area contributed by atoms with Gasteiger partial charge in [-0.05, 0) is 31.8 Å². The predicted octanol–water partition coefficient (Wildman–Crippen LogP) is 2.11. The first-order valence-electron chi connectivity index (χ1n) is 5.20. The molecule has 0 radical (unpaired) electrons. The maximum absolute atomic E-state index is 6.07. The molecule has 1 aromatic carbocycles. The molecule has 0 aromatic heterocycles. The van der Waals surface area contributed by atoms with Crippen molar-refractivity contribution in [2.75, 3.05) is 34.9 Å². The fraction of sp³-hybridized carbons (Fsp3) is 0.500. The quantitative estimate of drug-likeness (QED) is 0.904. The molecule has 0 amide bonds. The topological polar surface area (TPSA) is 47.7 Å². The van der Waals surface area contributed by atoms with Crippen LogP contribution in [0.3, 0.4) is 0 Å². The van der Waals surface area contributed by atoms with E-state index in [-0.39, 0.29) is 30.9 Å². The van der Waals surface area contributed by atoms with Crippen LogP contribution in [0.1, 0.15) is 11.6 Å². The molecule has 0 spiro atoms. The van der Waals surface area contributed by atoms with E-state index in [9.17, 15) is 0 Å². The lowest BCUT2D eigenvalue weighted by molar-refractivity contribution is 0.351. The third kappa shape index (κ3) is 5.31. The van der Waals surface area contributed by atoms with Gasteiger partial charge < -0.3 is 20.1 Å². The van der Waals surface area contributed by atoms with Crippen LogP contribution < -0.4 is 15.2 Å². The number of rotatable bonds is 5. The van der Waals surface area contributed by atoms with E-state index in [1.54, 1.807) is 14.2 Å². The van der Waals surface area contributed by atoms with Crippen molar-refractivity contribution >= 4 is 24.8 Å². The molecule has 1 atom stereocenters. The van der Waals surface area contributed by atoms with E-state index >= 15 is 0 Å². The molecule has 106 valence electrons. The van der Waals surface area contributed by atoms with Gasteiger partial charge in [0.1, 0.15) is 0 Å². The van der Waals surface area contributed by atoms with Gasteiger partial charge in [-0.25, -0.2) is 0 Å². The van der Waals surface area contributed by atoms with E-state index in [0.29, 0.717) is 5.75 Å². The molecule has 6 heteroatoms. The number of nitrogens with two attached hydrogens (primary N) is 1. The Balaban J connectivity index is 0. The smallest absolute Gasteiger partial charge is 0.161 e. The third-order valence-corrected chi connectivity index (χ3v) is 2.40. The first-order valence-corrected chi connectivity index (χ1v) is 5.20. The first kappa shape index (κ1) is 19.7. The van der Waals surface area contributed by atoms with Crippen LogP contribution in [0.2, 0.25) is 0 Å². The number of benzene rings is 1. The van der Waals surface area contributed by atoms with Crippen LogP contribution in [0, 0.1) is 0 Å². The molecule has 4 nitrogen and oxygen atoms in total. The van der Waals surface area contributed by atoms with Gasteiger partial charge in [-0.1, -0.05) is 6.07 Å². The zero-order valence-electron chi connectivity index (χ0n) is 11.2. The predicted molar refractivity (Wildman–Crippen MR) is 79.5 cm³/mol. The summed E-state index contributed by atoms with van der Waals surface area (Å²) in [7, 11) is 7.25. The number of hydrogen-bond acceptors (Lipinski definition) is 4. The maximum Gasteiger partial charge on any atom is 0.161 e. The van der Waals surface area contributed by atoms with Crippen LogP contribution in [0.15, 0.2) is 18.2 Å². The van der Waals surface area contributed by atoms with Crippen molar-refractivity contribution in [1.29, 1.82) is 0 Å². The van der Waals surface area contributed by atoms with E-state index in [2.05, 4.69) is 4.90 Å². The second kappa shape index (κ2) is 9.28. The second-order valence-corrected chi connectivity index (χ2v) is 3.98. The summed E-state index contributed by atoms with van der Waals surface area (Å²) in [5, 5.41) is 0. The van der Waals surface area contributed by atoms with Crippen molar-refractivity contribution in [2.45, 2.75) is 6.04 Å². The van der Waals surface area contributed by atoms with Crippen molar-refractivity contribution in [3.05, 3.63) is 23.8 Å². The highest BCUT2D eigenvalue weighted by molar-refractivity contribution is 5.85. The van der Waals surface area contributed by atoms with E-state index < -0.39 is 0 Å². The average molecular weight is 297 g/mol. The summed E-state index contributed by atoms with van der Waals surface area (Å²) in [5.74, 6) is 1.44. The Bertz CT molecular complexity index is 349. The molecule has 0 saturated carbocycles. The standard InChI is InChI=1S/C12H20N2O2.2ClH/c1-14(2)8-10(13)9-5-6-11(15-3)12(7-9)16-4;;/h5-7,10H,8,13H2,1-4H3;2*1H. The highest BCUT2D eigenvalue weighted by Gasteiger charge is 2.11. The summed E-state index contributed by atoms with van der Waals surface area (Å²) in [6, 6.07) is 5.75. The monoisotopic (exact) mass is 296 g/mol. The second-order valence-electron chi connectivity index (χ2n) is 3.98. The van der Waals surface area contributed by atoms with E-state index in [4.69, 9.17) is 15.2 Å². The Kier molecular flexibility index (Phi) is 10.1. The van der Waals surface area contributed by atoms with Gasteiger partial charge in [-0.2, -0.15) is 0 Å². The molecular formula is C12H22Cl2N2O2. The number of nitrogens with zero attached hydrogens (tertiary/aromatic N) is 1. The highest BCUT2D eigenvalue weighted by atomic mass is 35.5. The maximum atomic E-state index is 6.07. The number of hydrogen-bond donors (Lipinski definition) is 1. The molecule has 0 fully saturated rings. The van der Waals surface area contributed by atoms with Gasteiger partial charge in [0.25, 0.3) is 0 Å². The molecule has 0 heterocycles. The minimum atomic E-state index is -0.0187. The molecule has 18 heavy (non-hydrogen) atoms. The normalized spacial score (nSPS) is 11.2. The van der Waals surface area contributed by atoms with Gasteiger partial charge in [0.05, 0.1) is 14.2 Å². The Morgan fingerprint density at radius 1 is 1.11 bits per heavy atom. The van der Waals surface area contributed by atoms with Gasteiger partial charge in [0.2, 0.25) is 0 Å². The number of methoxy groups -OCH3 is 2. The largest absolute Gasteiger partial charge is 0.493 e. The summed E-state index contributed by atoms with van der Waals surface area (Å²) in [6.07, 6.45) is 0. The molecule has 1 aromatic rings. The SMILES string of the molecule is COc1ccc(C(N)CN(C)C)cc1OC.Cl.Cl. The minimum absolute atomic E-state index is 0. The molecular weight excluding hydrogens is 275 g/mol. The molecule has 0 aliphatic heterocycles. The summed E-state index contributed by atoms with van der Waals surface area (Å²) in [6.45, 7) is 0.801. The molecule has 0 saturated heterocycles. The third-order valence-electron chi connectivity index (χ3n) is 2.40. The minimum Gasteiger partial charge on any atom is -0.493 e. The summed E-state index contributed by atoms with van der Waals surface area (Å²) >= 11 is 0. The number of ether oxygens (including phenoxy) is 2. The van der Waals surface area contributed by atoms with Gasteiger partial charge in [-0.15, -0.1) is 24.8 Å². The fourth-order valence-corrected chi connectivity index (χ4v) is 1.58. The van der Waals surface area contributed by atoms with Crippen LogP contribution in [0.25, 0.3) is 0 Å². The van der Waals surface area contributed by atoms with E-state index in [1.807, 2.05) is 32.3 Å². The Morgan fingerprint density at radius 2 is 1.67 bits per heavy atom. The van der Waals surface area contributed by atoms with Crippen LogP contribution in [0.4, 0.5) is 0 Å². The summed E-state index contributed by atoms with van der Waals surface area (Å²) < 4.78 is 10.4. The van der Waals surface area contributed by atoms with Crippen LogP contribution in [-0.2, 0) is 0 Å². The van der Waals surface area contributed by atoms with Crippen molar-refractivity contribution < 1.29 is 9.47 Å². The molecule has 1 unspecified atom stereocenters. The zero-order chi connectivity index (χ0) is 12.1. The van der Waals surface area contributed by atoms with Gasteiger partial charge in [0, 0.05) is 12.6 Å². The van der Waals surface area contributed by atoms with Crippen LogP contribution in [-0.4, -0.2) is 39.8 Å². The van der Waals surface area contributed by atoms with Crippen LogP contribution in [0.5, 0.6) is 11.5 Å². The molecule has 2 N–H and O–H groups in total. The van der Waals surface area contributed by atoms with Crippen molar-refractivity contribution in [3.63, 3.8) is 0 Å². The molecule has 0 bridgehead atoms. The Hall–Kier alpha value is -0.680. The van der Waals surface area contributed by atoms with E-state index in [0.717, 1.165) is 17.9 Å². The average Bonchev–Trinajstić information content (AvgIpc) is 2.27. The molecule has 0 aliphatic carbocycles. The number of halogens is 2. The van der Waals surface area contributed by atoms with Gasteiger partial charge in [-0.3, -0.25) is 0 Å². The lowest BCUT2D eigenvalue weighted by Gasteiger charge is -2.18. The van der Waals surface area contributed by atoms with Gasteiger partial charge in [0.15, 0.2) is 11.5 Å². The van der Waals surface area contributed by atoms with Crippen LogP contribution >= 0.6 is 24.8 Å². The fourth-order valence-electron chi connectivity index (χ4n) is 1.58. The first-order chi connectivity index (χ1) is 7.58. The summed E-state index contributed by atoms with van der Waals surface area (Å²) in [4.78, 5) is 2.06. The Labute approximate surface area is 121 Å². The Morgan fingerprint density at radius 3 is 2.11 bits per heavy atom.